The van der Waals surface area contributed by atoms with Crippen molar-refractivity contribution in [2.24, 2.45) is 0 Å². The van der Waals surface area contributed by atoms with E-state index in [1.807, 2.05) is 47.2 Å². The van der Waals surface area contributed by atoms with Crippen LogP contribution in [0.15, 0.2) is 117 Å². The predicted octanol–water partition coefficient (Wildman–Crippen LogP) is 9.23. The molecular weight excluding hydrogens is 867 g/mol. The summed E-state index contributed by atoms with van der Waals surface area (Å²) in [5.74, 6) is -0.647. The Morgan fingerprint density at radius 3 is 2.31 bits per heavy atom. The molecule has 1 amide bonds. The van der Waals surface area contributed by atoms with E-state index in [4.69, 9.17) is 11.6 Å². The van der Waals surface area contributed by atoms with E-state index in [-0.39, 0.29) is 11.3 Å². The van der Waals surface area contributed by atoms with Gasteiger partial charge >= 0.3 is 5.51 Å². The minimum atomic E-state index is -6.03. The van der Waals surface area contributed by atoms with Crippen molar-refractivity contribution in [3.63, 3.8) is 0 Å². The van der Waals surface area contributed by atoms with Crippen LogP contribution in [0.1, 0.15) is 67.8 Å². The van der Waals surface area contributed by atoms with Crippen molar-refractivity contribution in [3.05, 3.63) is 119 Å². The van der Waals surface area contributed by atoms with Crippen LogP contribution in [0.5, 0.6) is 0 Å². The van der Waals surface area contributed by atoms with Gasteiger partial charge in [0.05, 0.1) is 10.6 Å². The average Bonchev–Trinajstić information content (AvgIpc) is 3.66. The highest BCUT2D eigenvalue weighted by molar-refractivity contribution is 7.99. The summed E-state index contributed by atoms with van der Waals surface area (Å²) in [6.07, 6.45) is 6.90. The maximum Gasteiger partial charge on any atom is 0.501 e. The number of anilines is 2. The molecule has 1 unspecified atom stereocenters. The smallest absolute Gasteiger partial charge is 0.384 e. The number of amides is 1. The van der Waals surface area contributed by atoms with E-state index in [0.29, 0.717) is 54.6 Å². The molecule has 10 nitrogen and oxygen atoms in total. The molecule has 1 aliphatic heterocycles. The third-order valence-electron chi connectivity index (χ3n) is 11.0. The van der Waals surface area contributed by atoms with E-state index in [1.165, 1.54) is 40.6 Å². The summed E-state index contributed by atoms with van der Waals surface area (Å²) in [6, 6.07) is 25.7. The number of alkyl halides is 3. The molecule has 61 heavy (non-hydrogen) atoms. The van der Waals surface area contributed by atoms with Gasteiger partial charge in [-0.1, -0.05) is 47.5 Å². The topological polar surface area (TPSA) is 137 Å². The van der Waals surface area contributed by atoms with Crippen LogP contribution in [0, 0.1) is 0 Å². The first-order valence-corrected chi connectivity index (χ1v) is 24.7. The maximum absolute atomic E-state index is 14.1. The van der Waals surface area contributed by atoms with Gasteiger partial charge in [-0.15, -0.1) is 11.8 Å². The van der Waals surface area contributed by atoms with Crippen LogP contribution in [-0.4, -0.2) is 83.7 Å². The standard InChI is InChI=1S/C44H51ClF3N5O5S3/c1-31-8-7-26-53(31)27-23-37(30-59-38-10-3-2-4-11-38)51-41-22-21-39(28-42(41)60(55,56)44(46,47)48)61(57,58)52-43(54)33-15-19-36(20-16-33)50-25-24-49-29-34-9-5-6-12-40(34)32-13-17-35(45)18-14-32/h2-4,10-11,13-22,28,31,37,49-51H,5-9,12,23-27,29-30H2,1H3,(H,52,54)/t31?,37-/m1/s1. The molecule has 4 aromatic rings. The molecule has 4 aromatic carbocycles. The van der Waals surface area contributed by atoms with E-state index < -0.39 is 47.1 Å². The van der Waals surface area contributed by atoms with E-state index in [0.717, 1.165) is 68.6 Å². The lowest BCUT2D eigenvalue weighted by Crippen LogP contribution is -2.34. The number of carbonyl (C=O) groups excluding carboxylic acids is 1. The number of nitrogens with zero attached hydrogens (tertiary/aromatic N) is 1. The molecule has 1 aliphatic carbocycles. The Morgan fingerprint density at radius 2 is 1.62 bits per heavy atom. The van der Waals surface area contributed by atoms with E-state index in [2.05, 4.69) is 39.9 Å². The van der Waals surface area contributed by atoms with Gasteiger partial charge in [-0.05, 0) is 136 Å². The summed E-state index contributed by atoms with van der Waals surface area (Å²) in [6.45, 7) is 5.61. The van der Waals surface area contributed by atoms with Crippen molar-refractivity contribution in [2.75, 3.05) is 49.1 Å². The van der Waals surface area contributed by atoms with Crippen LogP contribution in [0.2, 0.25) is 5.02 Å². The molecule has 2 atom stereocenters. The van der Waals surface area contributed by atoms with Gasteiger partial charge in [0.25, 0.3) is 25.8 Å². The number of carbonyl (C=O) groups is 1. The average molecular weight is 919 g/mol. The third kappa shape index (κ3) is 12.5. The highest BCUT2D eigenvalue weighted by Crippen LogP contribution is 2.37. The van der Waals surface area contributed by atoms with Crippen LogP contribution >= 0.6 is 23.4 Å². The van der Waals surface area contributed by atoms with Crippen molar-refractivity contribution >= 4 is 66.1 Å². The number of hydrogen-bond donors (Lipinski definition) is 4. The Labute approximate surface area is 366 Å². The molecule has 328 valence electrons. The minimum absolute atomic E-state index is 0.0290. The number of nitrogens with one attached hydrogen (secondary N) is 4. The van der Waals surface area contributed by atoms with Crippen LogP contribution in [-0.2, 0) is 19.9 Å². The zero-order valence-electron chi connectivity index (χ0n) is 33.8. The minimum Gasteiger partial charge on any atom is -0.384 e. The van der Waals surface area contributed by atoms with Gasteiger partial charge < -0.3 is 20.9 Å². The lowest BCUT2D eigenvalue weighted by Gasteiger charge is -2.26. The highest BCUT2D eigenvalue weighted by atomic mass is 35.5. The van der Waals surface area contributed by atoms with Gasteiger partial charge in [-0.2, -0.15) is 13.2 Å². The van der Waals surface area contributed by atoms with Crippen LogP contribution in [0.3, 0.4) is 0 Å². The molecule has 4 N–H and O–H groups in total. The van der Waals surface area contributed by atoms with Crippen molar-refractivity contribution in [2.45, 2.75) is 84.1 Å². The quantitative estimate of drug-likeness (QED) is 0.0533. The molecule has 6 rings (SSSR count). The maximum atomic E-state index is 14.1. The molecule has 0 bridgehead atoms. The zero-order chi connectivity index (χ0) is 43.6. The Bertz CT molecular complexity index is 2370. The summed E-state index contributed by atoms with van der Waals surface area (Å²) in [7, 11) is -10.9. The zero-order valence-corrected chi connectivity index (χ0v) is 37.0. The summed E-state index contributed by atoms with van der Waals surface area (Å²) >= 11 is 7.55. The number of benzene rings is 4. The SMILES string of the molecule is CC1CCCN1CC[C@H](CSc1ccccc1)Nc1ccc(S(=O)(=O)NC(=O)c2ccc(NCCNCC3=C(c4ccc(Cl)cc4)CCCC3)cc2)cc1S(=O)(=O)C(F)(F)F. The van der Waals surface area contributed by atoms with Gasteiger partial charge in [-0.25, -0.2) is 21.6 Å². The first-order chi connectivity index (χ1) is 29.1. The molecule has 0 radical (unpaired) electrons. The number of allylic oxidation sites excluding steroid dienone is 1. The first kappa shape index (κ1) is 46.4. The summed E-state index contributed by atoms with van der Waals surface area (Å²) in [5, 5.41) is 10.5. The van der Waals surface area contributed by atoms with Crippen molar-refractivity contribution in [3.8, 4) is 0 Å². The third-order valence-corrected chi connectivity index (χ3v) is 15.3. The Kier molecular flexibility index (Phi) is 15.9. The van der Waals surface area contributed by atoms with Crippen LogP contribution < -0.4 is 20.7 Å². The van der Waals surface area contributed by atoms with Crippen molar-refractivity contribution in [1.29, 1.82) is 0 Å². The molecule has 0 spiro atoms. The van der Waals surface area contributed by atoms with Gasteiger partial charge in [0.2, 0.25) is 0 Å². The Hall–Kier alpha value is -4.06. The lowest BCUT2D eigenvalue weighted by atomic mass is 9.87. The molecule has 1 saturated heterocycles. The Balaban J connectivity index is 1.10. The second-order valence-corrected chi connectivity index (χ2v) is 20.4. The van der Waals surface area contributed by atoms with Crippen molar-refractivity contribution < 1.29 is 34.8 Å². The number of thioether (sulfide) groups is 1. The first-order valence-electron chi connectivity index (χ1n) is 20.3. The molecule has 0 saturated carbocycles. The number of likely N-dealkylation sites (tertiary alicyclic amines) is 1. The number of sulfone groups is 1. The summed E-state index contributed by atoms with van der Waals surface area (Å²) in [5.41, 5.74) is -1.53. The van der Waals surface area contributed by atoms with Gasteiger partial charge in [0.15, 0.2) is 0 Å². The number of hydrogen-bond acceptors (Lipinski definition) is 10. The largest absolute Gasteiger partial charge is 0.501 e. The lowest BCUT2D eigenvalue weighted by molar-refractivity contribution is -0.0435. The fraction of sp³-hybridized carbons (Fsp3) is 0.386. The van der Waals surface area contributed by atoms with Gasteiger partial charge in [-0.3, -0.25) is 4.79 Å². The fourth-order valence-electron chi connectivity index (χ4n) is 7.59. The molecule has 2 aliphatic rings. The van der Waals surface area contributed by atoms with E-state index in [9.17, 15) is 34.8 Å². The molecular formula is C44H51ClF3N5O5S3. The fourth-order valence-corrected chi connectivity index (χ4v) is 10.7. The monoisotopic (exact) mass is 917 g/mol. The van der Waals surface area contributed by atoms with Crippen LogP contribution in [0.4, 0.5) is 24.5 Å². The summed E-state index contributed by atoms with van der Waals surface area (Å²) in [4.78, 5) is 14.3. The van der Waals surface area contributed by atoms with E-state index >= 15 is 0 Å². The molecule has 17 heteroatoms. The second-order valence-electron chi connectivity index (χ2n) is 15.3. The van der Waals surface area contributed by atoms with Crippen LogP contribution in [0.25, 0.3) is 5.57 Å². The molecule has 1 heterocycles. The second kappa shape index (κ2) is 20.9. The predicted molar refractivity (Wildman–Crippen MR) is 238 cm³/mol. The number of halogens is 4. The Morgan fingerprint density at radius 1 is 0.902 bits per heavy atom. The van der Waals surface area contributed by atoms with E-state index in [1.54, 1.807) is 12.1 Å². The van der Waals surface area contributed by atoms with Gasteiger partial charge in [0, 0.05) is 65.2 Å². The summed E-state index contributed by atoms with van der Waals surface area (Å²) < 4.78 is 97.1. The van der Waals surface area contributed by atoms with Gasteiger partial charge in [0.1, 0.15) is 4.90 Å². The number of rotatable bonds is 19. The normalized spacial score (nSPS) is 17.0. The molecule has 1 fully saturated rings. The molecule has 0 aromatic heterocycles. The number of sulfonamides is 1. The highest BCUT2D eigenvalue weighted by Gasteiger charge is 2.48. The van der Waals surface area contributed by atoms with Crippen molar-refractivity contribution in [1.82, 2.24) is 14.9 Å².